The van der Waals surface area contributed by atoms with E-state index in [1.807, 2.05) is 0 Å². The number of rotatable bonds is 2. The molecular weight excluding hydrogens is 194 g/mol. The van der Waals surface area contributed by atoms with Gasteiger partial charge in [0, 0.05) is 13.0 Å². The molecule has 2 heterocycles. The summed E-state index contributed by atoms with van der Waals surface area (Å²) in [5.41, 5.74) is -0.606. The largest absolute Gasteiger partial charge is 0.464 e. The molecule has 2 fully saturated rings. The van der Waals surface area contributed by atoms with Gasteiger partial charge in [-0.2, -0.15) is 0 Å². The Morgan fingerprint density at radius 1 is 1.47 bits per heavy atom. The first-order chi connectivity index (χ1) is 7.20. The van der Waals surface area contributed by atoms with Gasteiger partial charge in [0.15, 0.2) is 0 Å². The number of esters is 1. The lowest BCUT2D eigenvalue weighted by Gasteiger charge is -2.39. The highest BCUT2D eigenvalue weighted by Crippen LogP contribution is 2.39. The lowest BCUT2D eigenvalue weighted by atomic mass is 9.86. The topological polar surface area (TPSA) is 46.6 Å². The van der Waals surface area contributed by atoms with Gasteiger partial charge in [-0.3, -0.25) is 4.79 Å². The predicted octanol–water partition coefficient (Wildman–Crippen LogP) is 1.09. The number of hydrogen-bond acceptors (Lipinski definition) is 3. The Morgan fingerprint density at radius 3 is 3.00 bits per heavy atom. The van der Waals surface area contributed by atoms with E-state index < -0.39 is 5.54 Å². The Hall–Kier alpha value is -1.06. The second kappa shape index (κ2) is 3.83. The number of ether oxygens (including phenoxy) is 1. The van der Waals surface area contributed by atoms with E-state index in [1.54, 1.807) is 11.8 Å². The SMILES string of the molecule is CCOC(=O)[C@@]12CCCCN1C(=O)CC2. The molecule has 2 aliphatic rings. The van der Waals surface area contributed by atoms with Crippen molar-refractivity contribution in [3.63, 3.8) is 0 Å². The van der Waals surface area contributed by atoms with E-state index in [1.165, 1.54) is 0 Å². The summed E-state index contributed by atoms with van der Waals surface area (Å²) in [5, 5.41) is 0. The van der Waals surface area contributed by atoms with E-state index in [4.69, 9.17) is 4.74 Å². The van der Waals surface area contributed by atoms with E-state index in [0.29, 0.717) is 19.4 Å². The zero-order valence-electron chi connectivity index (χ0n) is 9.12. The third-order valence-corrected chi connectivity index (χ3v) is 3.45. The molecular formula is C11H17NO3. The first-order valence-corrected chi connectivity index (χ1v) is 5.68. The molecule has 0 N–H and O–H groups in total. The molecule has 4 heteroatoms. The Bertz CT molecular complexity index is 290. The number of hydrogen-bond donors (Lipinski definition) is 0. The zero-order chi connectivity index (χ0) is 10.9. The molecule has 1 atom stereocenters. The number of piperidine rings is 1. The maximum Gasteiger partial charge on any atom is 0.332 e. The Kier molecular flexibility index (Phi) is 2.67. The van der Waals surface area contributed by atoms with Gasteiger partial charge in [-0.1, -0.05) is 0 Å². The lowest BCUT2D eigenvalue weighted by molar-refractivity contribution is -0.162. The van der Waals surface area contributed by atoms with Crippen LogP contribution in [0.5, 0.6) is 0 Å². The molecule has 0 aromatic rings. The highest BCUT2D eigenvalue weighted by Gasteiger charge is 2.52. The van der Waals surface area contributed by atoms with Gasteiger partial charge in [0.25, 0.3) is 0 Å². The van der Waals surface area contributed by atoms with Crippen molar-refractivity contribution in [1.29, 1.82) is 0 Å². The fraction of sp³-hybridized carbons (Fsp3) is 0.818. The molecule has 0 aromatic carbocycles. The zero-order valence-corrected chi connectivity index (χ0v) is 9.12. The van der Waals surface area contributed by atoms with Gasteiger partial charge < -0.3 is 9.64 Å². The quantitative estimate of drug-likeness (QED) is 0.642. The maximum absolute atomic E-state index is 11.9. The van der Waals surface area contributed by atoms with Crippen LogP contribution in [0.1, 0.15) is 39.0 Å². The number of nitrogens with zero attached hydrogens (tertiary/aromatic N) is 1. The van der Waals surface area contributed by atoms with Crippen LogP contribution in [-0.4, -0.2) is 35.5 Å². The van der Waals surface area contributed by atoms with E-state index in [9.17, 15) is 9.59 Å². The molecule has 0 bridgehead atoms. The van der Waals surface area contributed by atoms with Gasteiger partial charge in [-0.15, -0.1) is 0 Å². The van der Waals surface area contributed by atoms with Crippen LogP contribution in [0.25, 0.3) is 0 Å². The molecule has 84 valence electrons. The van der Waals surface area contributed by atoms with E-state index in [0.717, 1.165) is 25.8 Å². The van der Waals surface area contributed by atoms with Gasteiger partial charge in [-0.25, -0.2) is 4.79 Å². The van der Waals surface area contributed by atoms with Crippen LogP contribution in [0, 0.1) is 0 Å². The summed E-state index contributed by atoms with van der Waals surface area (Å²) in [6, 6.07) is 0. The molecule has 2 saturated heterocycles. The summed E-state index contributed by atoms with van der Waals surface area (Å²) in [6.45, 7) is 2.92. The minimum Gasteiger partial charge on any atom is -0.464 e. The van der Waals surface area contributed by atoms with Crippen molar-refractivity contribution in [2.45, 2.75) is 44.6 Å². The normalized spacial score (nSPS) is 30.2. The van der Waals surface area contributed by atoms with Crippen molar-refractivity contribution in [2.24, 2.45) is 0 Å². The van der Waals surface area contributed by atoms with Crippen LogP contribution in [0.2, 0.25) is 0 Å². The summed E-state index contributed by atoms with van der Waals surface area (Å²) in [6.07, 6.45) is 3.94. The van der Waals surface area contributed by atoms with Gasteiger partial charge in [0.1, 0.15) is 5.54 Å². The van der Waals surface area contributed by atoms with Crippen molar-refractivity contribution in [2.75, 3.05) is 13.2 Å². The van der Waals surface area contributed by atoms with Crippen molar-refractivity contribution in [3.05, 3.63) is 0 Å². The minimum absolute atomic E-state index is 0.114. The van der Waals surface area contributed by atoms with Gasteiger partial charge in [-0.05, 0) is 32.6 Å². The van der Waals surface area contributed by atoms with Crippen molar-refractivity contribution in [3.8, 4) is 0 Å². The van der Waals surface area contributed by atoms with Crippen LogP contribution >= 0.6 is 0 Å². The summed E-state index contributed by atoms with van der Waals surface area (Å²) < 4.78 is 5.10. The minimum atomic E-state index is -0.606. The summed E-state index contributed by atoms with van der Waals surface area (Å²) in [4.78, 5) is 25.3. The van der Waals surface area contributed by atoms with Gasteiger partial charge >= 0.3 is 5.97 Å². The molecule has 0 saturated carbocycles. The highest BCUT2D eigenvalue weighted by molar-refractivity contribution is 5.92. The second-order valence-corrected chi connectivity index (χ2v) is 4.25. The van der Waals surface area contributed by atoms with Crippen LogP contribution in [0.3, 0.4) is 0 Å². The monoisotopic (exact) mass is 211 g/mol. The van der Waals surface area contributed by atoms with Crippen LogP contribution in [0.4, 0.5) is 0 Å². The fourth-order valence-electron chi connectivity index (χ4n) is 2.69. The maximum atomic E-state index is 11.9. The Balaban J connectivity index is 2.22. The molecule has 0 aromatic heterocycles. The number of fused-ring (bicyclic) bond motifs is 1. The summed E-state index contributed by atoms with van der Waals surface area (Å²) >= 11 is 0. The third-order valence-electron chi connectivity index (χ3n) is 3.45. The summed E-state index contributed by atoms with van der Waals surface area (Å²) in [7, 11) is 0. The molecule has 0 aliphatic carbocycles. The molecule has 0 spiro atoms. The van der Waals surface area contributed by atoms with E-state index in [-0.39, 0.29) is 11.9 Å². The first-order valence-electron chi connectivity index (χ1n) is 5.68. The molecule has 15 heavy (non-hydrogen) atoms. The van der Waals surface area contributed by atoms with Gasteiger partial charge in [0.2, 0.25) is 5.91 Å². The Labute approximate surface area is 89.6 Å². The number of carbonyl (C=O) groups excluding carboxylic acids is 2. The lowest BCUT2D eigenvalue weighted by Crippen LogP contribution is -2.55. The van der Waals surface area contributed by atoms with E-state index >= 15 is 0 Å². The van der Waals surface area contributed by atoms with Gasteiger partial charge in [0.05, 0.1) is 6.61 Å². The van der Waals surface area contributed by atoms with E-state index in [2.05, 4.69) is 0 Å². The number of carbonyl (C=O) groups is 2. The van der Waals surface area contributed by atoms with Crippen LogP contribution in [-0.2, 0) is 14.3 Å². The molecule has 2 aliphatic heterocycles. The average molecular weight is 211 g/mol. The third kappa shape index (κ3) is 1.52. The van der Waals surface area contributed by atoms with Crippen LogP contribution < -0.4 is 0 Å². The van der Waals surface area contributed by atoms with Crippen LogP contribution in [0.15, 0.2) is 0 Å². The van der Waals surface area contributed by atoms with Crippen molar-refractivity contribution >= 4 is 11.9 Å². The highest BCUT2D eigenvalue weighted by atomic mass is 16.5. The summed E-state index contributed by atoms with van der Waals surface area (Å²) in [5.74, 6) is -0.0849. The smallest absolute Gasteiger partial charge is 0.332 e. The molecule has 1 amide bonds. The fourth-order valence-corrected chi connectivity index (χ4v) is 2.69. The Morgan fingerprint density at radius 2 is 2.27 bits per heavy atom. The van der Waals surface area contributed by atoms with Crippen molar-refractivity contribution in [1.82, 2.24) is 4.90 Å². The average Bonchev–Trinajstić information content (AvgIpc) is 2.59. The molecule has 2 rings (SSSR count). The van der Waals surface area contributed by atoms with Crippen molar-refractivity contribution < 1.29 is 14.3 Å². The second-order valence-electron chi connectivity index (χ2n) is 4.25. The standard InChI is InChI=1S/C11H17NO3/c1-2-15-10(14)11-6-3-4-8-12(11)9(13)5-7-11/h2-8H2,1H3/t11-/m0/s1. The first kappa shape index (κ1) is 10.5. The molecule has 4 nitrogen and oxygen atoms in total. The predicted molar refractivity (Wildman–Crippen MR) is 54.2 cm³/mol. The molecule has 0 unspecified atom stereocenters. The number of amides is 1. The molecule has 0 radical (unpaired) electrons.